The van der Waals surface area contributed by atoms with Crippen molar-refractivity contribution in [2.45, 2.75) is 6.42 Å². The van der Waals surface area contributed by atoms with Crippen LogP contribution in [-0.4, -0.2) is 30.3 Å². The van der Waals surface area contributed by atoms with E-state index in [-0.39, 0.29) is 17.9 Å². The fourth-order valence-corrected chi connectivity index (χ4v) is 2.59. The molecule has 0 aliphatic carbocycles. The zero-order valence-corrected chi connectivity index (χ0v) is 15.1. The number of carbonyl (C=O) groups excluding carboxylic acids is 1. The molecule has 1 amide bonds. The first-order valence-electron chi connectivity index (χ1n) is 8.44. The van der Waals surface area contributed by atoms with Gasteiger partial charge in [0.05, 0.1) is 25.3 Å². The largest absolute Gasteiger partial charge is 0.497 e. The predicted molar refractivity (Wildman–Crippen MR) is 104 cm³/mol. The molecule has 142 valence electrons. The Labute approximate surface area is 161 Å². The molecule has 7 heteroatoms. The van der Waals surface area contributed by atoms with E-state index in [9.17, 15) is 14.7 Å². The number of aromatic carboxylic acids is 1. The van der Waals surface area contributed by atoms with Crippen molar-refractivity contribution in [2.24, 2.45) is 5.10 Å². The molecule has 0 aliphatic heterocycles. The number of furan rings is 1. The average molecular weight is 378 g/mol. The van der Waals surface area contributed by atoms with Gasteiger partial charge in [0.1, 0.15) is 17.3 Å². The number of hydrogen-bond donors (Lipinski definition) is 2. The van der Waals surface area contributed by atoms with Gasteiger partial charge in [-0.25, -0.2) is 10.2 Å². The molecule has 0 fully saturated rings. The van der Waals surface area contributed by atoms with E-state index in [1.165, 1.54) is 12.3 Å². The Bertz CT molecular complexity index is 1010. The summed E-state index contributed by atoms with van der Waals surface area (Å²) >= 11 is 0. The second-order valence-corrected chi connectivity index (χ2v) is 5.87. The van der Waals surface area contributed by atoms with Crippen molar-refractivity contribution in [3.05, 3.63) is 77.6 Å². The number of amides is 1. The summed E-state index contributed by atoms with van der Waals surface area (Å²) in [5.41, 5.74) is 3.88. The van der Waals surface area contributed by atoms with E-state index in [1.54, 1.807) is 61.7 Å². The van der Waals surface area contributed by atoms with Gasteiger partial charge in [-0.1, -0.05) is 30.3 Å². The lowest BCUT2D eigenvalue weighted by atomic mass is 10.1. The van der Waals surface area contributed by atoms with Crippen LogP contribution in [0.15, 0.2) is 70.2 Å². The molecular weight excluding hydrogens is 360 g/mol. The van der Waals surface area contributed by atoms with E-state index >= 15 is 0 Å². The van der Waals surface area contributed by atoms with E-state index in [1.807, 2.05) is 0 Å². The summed E-state index contributed by atoms with van der Waals surface area (Å²) in [7, 11) is 1.58. The van der Waals surface area contributed by atoms with Crippen LogP contribution in [0.1, 0.15) is 21.7 Å². The third-order valence-electron chi connectivity index (χ3n) is 3.95. The topological polar surface area (TPSA) is 101 Å². The number of hydrazone groups is 1. The van der Waals surface area contributed by atoms with Crippen LogP contribution in [0.25, 0.3) is 11.3 Å². The lowest BCUT2D eigenvalue weighted by Gasteiger charge is -2.02. The van der Waals surface area contributed by atoms with Crippen LogP contribution in [-0.2, 0) is 11.2 Å². The molecule has 0 bridgehead atoms. The Morgan fingerprint density at radius 2 is 1.86 bits per heavy atom. The highest BCUT2D eigenvalue weighted by atomic mass is 16.5. The summed E-state index contributed by atoms with van der Waals surface area (Å²) in [6.07, 6.45) is 1.54. The monoisotopic (exact) mass is 378 g/mol. The molecule has 2 aromatic carbocycles. The number of carbonyl (C=O) groups is 2. The van der Waals surface area contributed by atoms with E-state index in [2.05, 4.69) is 10.5 Å². The highest BCUT2D eigenvalue weighted by molar-refractivity contribution is 5.95. The smallest absolute Gasteiger partial charge is 0.336 e. The van der Waals surface area contributed by atoms with Gasteiger partial charge in [-0.15, -0.1) is 0 Å². The number of carboxylic acid groups (broad SMARTS) is 1. The maximum atomic E-state index is 12.0. The van der Waals surface area contributed by atoms with Crippen molar-refractivity contribution in [1.82, 2.24) is 5.43 Å². The minimum Gasteiger partial charge on any atom is -0.497 e. The maximum absolute atomic E-state index is 12.0. The summed E-state index contributed by atoms with van der Waals surface area (Å²) in [4.78, 5) is 23.3. The van der Waals surface area contributed by atoms with Crippen LogP contribution in [0.3, 0.4) is 0 Å². The van der Waals surface area contributed by atoms with Crippen LogP contribution >= 0.6 is 0 Å². The molecule has 0 atom stereocenters. The van der Waals surface area contributed by atoms with Crippen molar-refractivity contribution < 1.29 is 23.8 Å². The van der Waals surface area contributed by atoms with Crippen molar-refractivity contribution in [2.75, 3.05) is 7.11 Å². The fraction of sp³-hybridized carbons (Fsp3) is 0.0952. The first kappa shape index (κ1) is 18.9. The number of rotatable bonds is 7. The first-order chi connectivity index (χ1) is 13.6. The lowest BCUT2D eigenvalue weighted by Crippen LogP contribution is -2.19. The molecule has 0 radical (unpaired) electrons. The second kappa shape index (κ2) is 8.68. The molecule has 3 aromatic rings. The summed E-state index contributed by atoms with van der Waals surface area (Å²) < 4.78 is 10.7. The van der Waals surface area contributed by atoms with Gasteiger partial charge >= 0.3 is 5.97 Å². The first-order valence-corrected chi connectivity index (χ1v) is 8.44. The lowest BCUT2D eigenvalue weighted by molar-refractivity contribution is -0.120. The number of nitrogens with zero attached hydrogens (tertiary/aromatic N) is 1. The molecule has 2 N–H and O–H groups in total. The molecule has 28 heavy (non-hydrogen) atoms. The Morgan fingerprint density at radius 1 is 1.11 bits per heavy atom. The maximum Gasteiger partial charge on any atom is 0.336 e. The molecule has 0 unspecified atom stereocenters. The van der Waals surface area contributed by atoms with Crippen molar-refractivity contribution in [3.63, 3.8) is 0 Å². The van der Waals surface area contributed by atoms with Crippen LogP contribution in [0, 0.1) is 0 Å². The van der Waals surface area contributed by atoms with Crippen LogP contribution in [0.4, 0.5) is 0 Å². The van der Waals surface area contributed by atoms with Gasteiger partial charge in [0, 0.05) is 5.56 Å². The molecule has 0 aliphatic rings. The van der Waals surface area contributed by atoms with Gasteiger partial charge in [0.25, 0.3) is 0 Å². The van der Waals surface area contributed by atoms with Crippen LogP contribution < -0.4 is 10.2 Å². The molecule has 7 nitrogen and oxygen atoms in total. The average Bonchev–Trinajstić information content (AvgIpc) is 3.17. The second-order valence-electron chi connectivity index (χ2n) is 5.87. The standard InChI is InChI=1S/C21H18N2O5/c1-27-15-8-6-14(7-9-15)12-20(24)23-22-13-16-10-11-19(28-16)17-4-2-3-5-18(17)21(25)26/h2-11,13H,12H2,1H3,(H,23,24)(H,25,26)/b22-13-. The zero-order chi connectivity index (χ0) is 19.9. The minimum atomic E-state index is -1.03. The van der Waals surface area contributed by atoms with Crippen LogP contribution in [0.5, 0.6) is 5.75 Å². The minimum absolute atomic E-state index is 0.146. The van der Waals surface area contributed by atoms with Gasteiger partial charge in [0.15, 0.2) is 0 Å². The fourth-order valence-electron chi connectivity index (χ4n) is 2.59. The highest BCUT2D eigenvalue weighted by Gasteiger charge is 2.13. The zero-order valence-electron chi connectivity index (χ0n) is 15.1. The highest BCUT2D eigenvalue weighted by Crippen LogP contribution is 2.25. The van der Waals surface area contributed by atoms with E-state index in [0.29, 0.717) is 17.1 Å². The molecule has 0 spiro atoms. The van der Waals surface area contributed by atoms with Crippen molar-refractivity contribution in [3.8, 4) is 17.1 Å². The van der Waals surface area contributed by atoms with Crippen LogP contribution in [0.2, 0.25) is 0 Å². The SMILES string of the molecule is COc1ccc(CC(=O)N/N=C\c2ccc(-c3ccccc3C(=O)O)o2)cc1. The number of methoxy groups -OCH3 is 1. The van der Waals surface area contributed by atoms with E-state index in [4.69, 9.17) is 9.15 Å². The van der Waals surface area contributed by atoms with E-state index in [0.717, 1.165) is 11.3 Å². The molecule has 0 saturated heterocycles. The summed E-state index contributed by atoms with van der Waals surface area (Å²) in [6, 6.07) is 17.0. The number of hydrogen-bond acceptors (Lipinski definition) is 5. The molecule has 0 saturated carbocycles. The van der Waals surface area contributed by atoms with Crippen molar-refractivity contribution in [1.29, 1.82) is 0 Å². The van der Waals surface area contributed by atoms with Gasteiger partial charge in [-0.05, 0) is 35.9 Å². The summed E-state index contributed by atoms with van der Waals surface area (Å²) in [6.45, 7) is 0. The van der Waals surface area contributed by atoms with Gasteiger partial charge in [-0.2, -0.15) is 5.10 Å². The molecule has 3 rings (SSSR count). The Morgan fingerprint density at radius 3 is 2.57 bits per heavy atom. The van der Waals surface area contributed by atoms with Gasteiger partial charge in [0.2, 0.25) is 5.91 Å². The Balaban J connectivity index is 1.61. The molecule has 1 heterocycles. The van der Waals surface area contributed by atoms with Gasteiger partial charge < -0.3 is 14.3 Å². The quantitative estimate of drug-likeness (QED) is 0.485. The third kappa shape index (κ3) is 4.64. The van der Waals surface area contributed by atoms with Gasteiger partial charge in [-0.3, -0.25) is 4.79 Å². The normalized spacial score (nSPS) is 10.8. The Hall–Kier alpha value is -3.87. The van der Waals surface area contributed by atoms with Crippen molar-refractivity contribution >= 4 is 18.1 Å². The molecular formula is C21H18N2O5. The number of carboxylic acids is 1. The third-order valence-corrected chi connectivity index (χ3v) is 3.95. The number of benzene rings is 2. The summed E-state index contributed by atoms with van der Waals surface area (Å²) in [5.74, 6) is 0.210. The molecule has 1 aromatic heterocycles. The van der Waals surface area contributed by atoms with E-state index < -0.39 is 5.97 Å². The Kier molecular flexibility index (Phi) is 5.86. The predicted octanol–water partition coefficient (Wildman–Crippen LogP) is 3.35. The summed E-state index contributed by atoms with van der Waals surface area (Å²) in [5, 5.41) is 13.1. The number of nitrogens with one attached hydrogen (secondary N) is 1. The number of ether oxygens (including phenoxy) is 1.